The Bertz CT molecular complexity index is 1080. The molecule has 2 heterocycles. The lowest BCUT2D eigenvalue weighted by Crippen LogP contribution is -2.40. The van der Waals surface area contributed by atoms with Crippen LogP contribution >= 0.6 is 0 Å². The Hall–Kier alpha value is -3.63. The molecule has 0 amide bonds. The minimum atomic E-state index is -0.852. The van der Waals surface area contributed by atoms with Crippen LogP contribution in [0.25, 0.3) is 17.2 Å². The molecule has 0 N–H and O–H groups in total. The zero-order valence-electron chi connectivity index (χ0n) is 13.7. The molecule has 0 atom stereocenters. The number of benzene rings is 1. The number of ether oxygens (including phenoxy) is 1. The molecule has 1 aromatic carbocycles. The fourth-order valence-corrected chi connectivity index (χ4v) is 2.06. The molecule has 0 bridgehead atoms. The molecule has 0 saturated carbocycles. The van der Waals surface area contributed by atoms with Gasteiger partial charge in [-0.3, -0.25) is 9.36 Å². The molecule has 0 aliphatic heterocycles. The molecule has 134 valence electrons. The van der Waals surface area contributed by atoms with Crippen molar-refractivity contribution in [2.24, 2.45) is 7.05 Å². The van der Waals surface area contributed by atoms with Gasteiger partial charge in [0.15, 0.2) is 5.69 Å². The van der Waals surface area contributed by atoms with E-state index in [-0.39, 0.29) is 23.8 Å². The highest BCUT2D eigenvalue weighted by Gasteiger charge is 2.22. The molecular weight excluding hydrogens is 349 g/mol. The number of aromatic nitrogens is 5. The Kier molecular flexibility index (Phi) is 4.43. The normalized spacial score (nSPS) is 10.7. The largest absolute Gasteiger partial charge is 0.459 e. The van der Waals surface area contributed by atoms with E-state index < -0.39 is 28.9 Å². The summed E-state index contributed by atoms with van der Waals surface area (Å²) < 4.78 is 24.2. The summed E-state index contributed by atoms with van der Waals surface area (Å²) in [7, 11) is 1.24. The summed E-state index contributed by atoms with van der Waals surface area (Å²) in [6.07, 6.45) is 0. The van der Waals surface area contributed by atoms with Gasteiger partial charge in [-0.05, 0) is 31.2 Å². The number of carbonyl (C=O) groups excluding carboxylic acids is 1. The SMILES string of the molecule is CCOC(=O)c1nc(-c2nn(-c3ccc(F)cc3)c(=O)n(C)c2=O)no1. The van der Waals surface area contributed by atoms with E-state index in [1.807, 2.05) is 0 Å². The van der Waals surface area contributed by atoms with Gasteiger partial charge in [0, 0.05) is 7.05 Å². The lowest BCUT2D eigenvalue weighted by molar-refractivity contribution is 0.0470. The summed E-state index contributed by atoms with van der Waals surface area (Å²) in [6, 6.07) is 4.92. The summed E-state index contributed by atoms with van der Waals surface area (Å²) in [5.74, 6) is -2.09. The van der Waals surface area contributed by atoms with Crippen LogP contribution in [-0.4, -0.2) is 37.1 Å². The second-order valence-corrected chi connectivity index (χ2v) is 5.03. The fourth-order valence-electron chi connectivity index (χ4n) is 2.06. The molecule has 0 fully saturated rings. The lowest BCUT2D eigenvalue weighted by atomic mass is 10.3. The van der Waals surface area contributed by atoms with Crippen LogP contribution in [0.4, 0.5) is 4.39 Å². The van der Waals surface area contributed by atoms with E-state index in [0.29, 0.717) is 0 Å². The highest BCUT2D eigenvalue weighted by molar-refractivity contribution is 5.84. The highest BCUT2D eigenvalue weighted by Crippen LogP contribution is 2.11. The standard InChI is InChI=1S/C15H12FN5O5/c1-3-25-14(23)12-17-11(19-26-12)10-13(22)20(2)15(24)21(18-10)9-6-4-8(16)5-7-9/h4-7H,3H2,1-2H3. The number of hydrogen-bond donors (Lipinski definition) is 0. The quantitative estimate of drug-likeness (QED) is 0.608. The van der Waals surface area contributed by atoms with Gasteiger partial charge in [-0.15, -0.1) is 0 Å². The average Bonchev–Trinajstić information content (AvgIpc) is 3.11. The maximum atomic E-state index is 13.1. The van der Waals surface area contributed by atoms with Gasteiger partial charge in [0.05, 0.1) is 12.3 Å². The predicted octanol–water partition coefficient (Wildman–Crippen LogP) is 0.297. The summed E-state index contributed by atoms with van der Waals surface area (Å²) in [5.41, 5.74) is -1.64. The van der Waals surface area contributed by atoms with Crippen LogP contribution in [-0.2, 0) is 11.8 Å². The minimum Gasteiger partial charge on any atom is -0.459 e. The van der Waals surface area contributed by atoms with Crippen LogP contribution in [0.1, 0.15) is 17.6 Å². The fraction of sp³-hybridized carbons (Fsp3) is 0.200. The predicted molar refractivity (Wildman–Crippen MR) is 84.3 cm³/mol. The lowest BCUT2D eigenvalue weighted by Gasteiger charge is -2.07. The molecule has 0 unspecified atom stereocenters. The molecule has 11 heteroatoms. The molecular formula is C15H12FN5O5. The van der Waals surface area contributed by atoms with E-state index in [4.69, 9.17) is 9.26 Å². The molecule has 3 rings (SSSR count). The summed E-state index contributed by atoms with van der Waals surface area (Å²) in [6.45, 7) is 1.71. The Labute approximate surface area is 144 Å². The van der Waals surface area contributed by atoms with Crippen molar-refractivity contribution < 1.29 is 18.4 Å². The summed E-state index contributed by atoms with van der Waals surface area (Å²) in [5, 5.41) is 7.46. The van der Waals surface area contributed by atoms with Crippen molar-refractivity contribution in [3.05, 3.63) is 56.8 Å². The molecule has 0 saturated heterocycles. The molecule has 3 aromatic rings. The van der Waals surface area contributed by atoms with Gasteiger partial charge in [0.1, 0.15) is 5.82 Å². The topological polar surface area (TPSA) is 122 Å². The second kappa shape index (κ2) is 6.70. The first-order valence-corrected chi connectivity index (χ1v) is 7.40. The number of esters is 1. The summed E-state index contributed by atoms with van der Waals surface area (Å²) >= 11 is 0. The molecule has 2 aromatic heterocycles. The first kappa shape index (κ1) is 17.2. The van der Waals surface area contributed by atoms with Crippen molar-refractivity contribution in [1.29, 1.82) is 0 Å². The first-order valence-electron chi connectivity index (χ1n) is 7.40. The van der Waals surface area contributed by atoms with Crippen LogP contribution in [0.15, 0.2) is 38.4 Å². The molecule has 26 heavy (non-hydrogen) atoms. The van der Waals surface area contributed by atoms with E-state index in [0.717, 1.165) is 21.4 Å². The van der Waals surface area contributed by atoms with E-state index in [9.17, 15) is 18.8 Å². The third-order valence-corrected chi connectivity index (χ3v) is 3.33. The molecule has 0 aliphatic carbocycles. The highest BCUT2D eigenvalue weighted by atomic mass is 19.1. The smallest absolute Gasteiger partial charge is 0.397 e. The molecule has 0 radical (unpaired) electrons. The third-order valence-electron chi connectivity index (χ3n) is 3.33. The van der Waals surface area contributed by atoms with Gasteiger partial charge in [-0.25, -0.2) is 14.0 Å². The maximum Gasteiger partial charge on any atom is 0.397 e. The van der Waals surface area contributed by atoms with E-state index in [1.165, 1.54) is 19.2 Å². The average molecular weight is 361 g/mol. The van der Waals surface area contributed by atoms with Crippen molar-refractivity contribution in [2.75, 3.05) is 6.61 Å². The van der Waals surface area contributed by atoms with Crippen molar-refractivity contribution in [2.45, 2.75) is 6.92 Å². The van der Waals surface area contributed by atoms with Crippen molar-refractivity contribution in [1.82, 2.24) is 24.5 Å². The first-order chi connectivity index (χ1) is 12.4. The second-order valence-electron chi connectivity index (χ2n) is 5.03. The maximum absolute atomic E-state index is 13.1. The van der Waals surface area contributed by atoms with E-state index in [2.05, 4.69) is 15.2 Å². The van der Waals surface area contributed by atoms with Crippen molar-refractivity contribution in [3.63, 3.8) is 0 Å². The Morgan fingerprint density at radius 2 is 1.96 bits per heavy atom. The number of carbonyl (C=O) groups is 1. The van der Waals surface area contributed by atoms with Gasteiger partial charge >= 0.3 is 17.5 Å². The van der Waals surface area contributed by atoms with E-state index in [1.54, 1.807) is 6.92 Å². The Morgan fingerprint density at radius 1 is 1.27 bits per heavy atom. The van der Waals surface area contributed by atoms with Crippen LogP contribution in [0.5, 0.6) is 0 Å². The zero-order chi connectivity index (χ0) is 18.8. The zero-order valence-corrected chi connectivity index (χ0v) is 13.7. The minimum absolute atomic E-state index is 0.103. The number of nitrogens with zero attached hydrogens (tertiary/aromatic N) is 5. The summed E-state index contributed by atoms with van der Waals surface area (Å²) in [4.78, 5) is 40.0. The van der Waals surface area contributed by atoms with Gasteiger partial charge in [0.2, 0.25) is 5.82 Å². The van der Waals surface area contributed by atoms with Gasteiger partial charge in [-0.2, -0.15) is 14.8 Å². The molecule has 0 spiro atoms. The number of rotatable bonds is 4. The van der Waals surface area contributed by atoms with Crippen molar-refractivity contribution in [3.8, 4) is 17.2 Å². The van der Waals surface area contributed by atoms with Gasteiger partial charge in [0.25, 0.3) is 5.56 Å². The van der Waals surface area contributed by atoms with Crippen LogP contribution in [0.2, 0.25) is 0 Å². The monoisotopic (exact) mass is 361 g/mol. The van der Waals surface area contributed by atoms with Crippen LogP contribution in [0, 0.1) is 5.82 Å². The number of halogens is 1. The third kappa shape index (κ3) is 3.01. The Morgan fingerprint density at radius 3 is 2.62 bits per heavy atom. The van der Waals surface area contributed by atoms with E-state index >= 15 is 0 Å². The molecule has 0 aliphatic rings. The Balaban J connectivity index is 2.14. The van der Waals surface area contributed by atoms with Gasteiger partial charge < -0.3 is 9.26 Å². The van der Waals surface area contributed by atoms with Gasteiger partial charge in [-0.1, -0.05) is 5.16 Å². The number of hydrogen-bond acceptors (Lipinski definition) is 8. The van der Waals surface area contributed by atoms with Crippen molar-refractivity contribution >= 4 is 5.97 Å². The van der Waals surface area contributed by atoms with Crippen LogP contribution in [0.3, 0.4) is 0 Å². The van der Waals surface area contributed by atoms with Crippen LogP contribution < -0.4 is 11.2 Å². The molecule has 10 nitrogen and oxygen atoms in total.